The minimum Gasteiger partial charge on any atom is -0.379 e. The van der Waals surface area contributed by atoms with Gasteiger partial charge in [0.05, 0.1) is 23.3 Å². The molecule has 1 saturated heterocycles. The maximum Gasteiger partial charge on any atom is 0.0595 e. The lowest BCUT2D eigenvalue weighted by atomic mass is 10.0. The van der Waals surface area contributed by atoms with Crippen molar-refractivity contribution in [2.45, 2.75) is 25.8 Å². The molecule has 1 aromatic rings. The normalized spacial score (nSPS) is 17.9. The summed E-state index contributed by atoms with van der Waals surface area (Å²) in [5.74, 6) is 0. The van der Waals surface area contributed by atoms with Gasteiger partial charge in [-0.3, -0.25) is 4.90 Å². The molecule has 1 heterocycles. The van der Waals surface area contributed by atoms with E-state index < -0.39 is 0 Å². The molecule has 1 aliphatic rings. The molecule has 0 aromatic heterocycles. The van der Waals surface area contributed by atoms with Gasteiger partial charge in [0.25, 0.3) is 0 Å². The average molecular weight is 331 g/mol. The molecule has 2 rings (SSSR count). The molecule has 5 heteroatoms. The minimum atomic E-state index is 0.337. The van der Waals surface area contributed by atoms with Crippen LogP contribution in [0.4, 0.5) is 0 Å². The third kappa shape index (κ3) is 5.42. The van der Waals surface area contributed by atoms with Crippen LogP contribution in [-0.4, -0.2) is 44.3 Å². The highest BCUT2D eigenvalue weighted by molar-refractivity contribution is 6.42. The number of hydrogen-bond donors (Lipinski definition) is 1. The van der Waals surface area contributed by atoms with Crippen LogP contribution in [0.5, 0.6) is 0 Å². The van der Waals surface area contributed by atoms with Crippen LogP contribution in [0.1, 0.15) is 31.4 Å². The fourth-order valence-electron chi connectivity index (χ4n) is 2.63. The van der Waals surface area contributed by atoms with Gasteiger partial charge in [-0.2, -0.15) is 0 Å². The van der Waals surface area contributed by atoms with Gasteiger partial charge in [0.15, 0.2) is 0 Å². The Hall–Kier alpha value is -0.320. The maximum absolute atomic E-state index is 6.10. The highest BCUT2D eigenvalue weighted by Crippen LogP contribution is 2.26. The van der Waals surface area contributed by atoms with Gasteiger partial charge in [-0.25, -0.2) is 0 Å². The Morgan fingerprint density at radius 2 is 2.00 bits per heavy atom. The van der Waals surface area contributed by atoms with E-state index >= 15 is 0 Å². The third-order valence-corrected chi connectivity index (χ3v) is 4.64. The highest BCUT2D eigenvalue weighted by atomic mass is 35.5. The van der Waals surface area contributed by atoms with Gasteiger partial charge in [0, 0.05) is 19.1 Å². The van der Waals surface area contributed by atoms with Crippen LogP contribution >= 0.6 is 23.2 Å². The highest BCUT2D eigenvalue weighted by Gasteiger charge is 2.12. The lowest BCUT2D eigenvalue weighted by Gasteiger charge is -2.27. The van der Waals surface area contributed by atoms with Crippen LogP contribution in [0, 0.1) is 0 Å². The lowest BCUT2D eigenvalue weighted by Crippen LogP contribution is -2.37. The quantitative estimate of drug-likeness (QED) is 0.770. The Kier molecular flexibility index (Phi) is 7.27. The van der Waals surface area contributed by atoms with Gasteiger partial charge in [0.2, 0.25) is 0 Å². The Morgan fingerprint density at radius 1 is 1.24 bits per heavy atom. The molecular formula is C16H24Cl2N2O. The SMILES string of the molecule is CCC(NCCCN1CCOCC1)c1ccc(Cl)c(Cl)c1. The van der Waals surface area contributed by atoms with Crippen molar-refractivity contribution in [3.05, 3.63) is 33.8 Å². The molecule has 1 atom stereocenters. The maximum atomic E-state index is 6.10. The predicted octanol–water partition coefficient (Wildman–Crippen LogP) is 3.76. The lowest BCUT2D eigenvalue weighted by molar-refractivity contribution is 0.0374. The van der Waals surface area contributed by atoms with Crippen LogP contribution in [0.25, 0.3) is 0 Å². The zero-order chi connectivity index (χ0) is 15.1. The van der Waals surface area contributed by atoms with Gasteiger partial charge in [-0.15, -0.1) is 0 Å². The summed E-state index contributed by atoms with van der Waals surface area (Å²) in [4.78, 5) is 2.46. The predicted molar refractivity (Wildman–Crippen MR) is 89.4 cm³/mol. The van der Waals surface area contributed by atoms with E-state index in [0.29, 0.717) is 16.1 Å². The van der Waals surface area contributed by atoms with Crippen molar-refractivity contribution in [3.63, 3.8) is 0 Å². The molecule has 118 valence electrons. The third-order valence-electron chi connectivity index (χ3n) is 3.90. The van der Waals surface area contributed by atoms with Crippen molar-refractivity contribution < 1.29 is 4.74 Å². The first-order valence-corrected chi connectivity index (χ1v) is 8.44. The fraction of sp³-hybridized carbons (Fsp3) is 0.625. The Labute approximate surface area is 137 Å². The van der Waals surface area contributed by atoms with E-state index in [0.717, 1.165) is 52.2 Å². The number of benzene rings is 1. The molecule has 0 aliphatic carbocycles. The summed E-state index contributed by atoms with van der Waals surface area (Å²) in [5.41, 5.74) is 1.21. The minimum absolute atomic E-state index is 0.337. The summed E-state index contributed by atoms with van der Waals surface area (Å²) in [5, 5.41) is 4.85. The number of ether oxygens (including phenoxy) is 1. The van der Waals surface area contributed by atoms with Crippen molar-refractivity contribution >= 4 is 23.2 Å². The first-order valence-electron chi connectivity index (χ1n) is 7.69. The number of rotatable bonds is 7. The second-order valence-electron chi connectivity index (χ2n) is 5.40. The average Bonchev–Trinajstić information content (AvgIpc) is 2.51. The van der Waals surface area contributed by atoms with Gasteiger partial charge < -0.3 is 10.1 Å². The van der Waals surface area contributed by atoms with Crippen molar-refractivity contribution in [2.24, 2.45) is 0 Å². The summed E-state index contributed by atoms with van der Waals surface area (Å²) in [6.45, 7) is 8.18. The first kappa shape index (κ1) is 17.0. The zero-order valence-corrected chi connectivity index (χ0v) is 14.1. The number of nitrogens with zero attached hydrogens (tertiary/aromatic N) is 1. The molecule has 0 radical (unpaired) electrons. The number of hydrogen-bond acceptors (Lipinski definition) is 3. The van der Waals surface area contributed by atoms with Crippen molar-refractivity contribution in [1.29, 1.82) is 0 Å². The topological polar surface area (TPSA) is 24.5 Å². The van der Waals surface area contributed by atoms with Gasteiger partial charge in [-0.05, 0) is 43.6 Å². The summed E-state index contributed by atoms with van der Waals surface area (Å²) >= 11 is 12.1. The van der Waals surface area contributed by atoms with Crippen molar-refractivity contribution in [2.75, 3.05) is 39.4 Å². The second kappa shape index (κ2) is 8.96. The molecule has 1 aromatic carbocycles. The smallest absolute Gasteiger partial charge is 0.0595 e. The molecule has 1 fully saturated rings. The molecule has 1 N–H and O–H groups in total. The van der Waals surface area contributed by atoms with E-state index in [-0.39, 0.29) is 0 Å². The van der Waals surface area contributed by atoms with Gasteiger partial charge >= 0.3 is 0 Å². The van der Waals surface area contributed by atoms with E-state index in [1.165, 1.54) is 5.56 Å². The molecular weight excluding hydrogens is 307 g/mol. The van der Waals surface area contributed by atoms with E-state index in [1.807, 2.05) is 12.1 Å². The molecule has 0 saturated carbocycles. The molecule has 0 amide bonds. The van der Waals surface area contributed by atoms with E-state index in [1.54, 1.807) is 0 Å². The monoisotopic (exact) mass is 330 g/mol. The number of morpholine rings is 1. The molecule has 0 bridgehead atoms. The van der Waals surface area contributed by atoms with Gasteiger partial charge in [-0.1, -0.05) is 36.2 Å². The first-order chi connectivity index (χ1) is 10.2. The largest absolute Gasteiger partial charge is 0.379 e. The fourth-order valence-corrected chi connectivity index (χ4v) is 2.94. The Bertz CT molecular complexity index is 436. The van der Waals surface area contributed by atoms with Crippen molar-refractivity contribution in [3.8, 4) is 0 Å². The Balaban J connectivity index is 1.75. The van der Waals surface area contributed by atoms with Crippen LogP contribution in [-0.2, 0) is 4.74 Å². The summed E-state index contributed by atoms with van der Waals surface area (Å²) < 4.78 is 5.36. The molecule has 21 heavy (non-hydrogen) atoms. The van der Waals surface area contributed by atoms with Gasteiger partial charge in [0.1, 0.15) is 0 Å². The molecule has 1 unspecified atom stereocenters. The van der Waals surface area contributed by atoms with Crippen LogP contribution in [0.15, 0.2) is 18.2 Å². The number of nitrogens with one attached hydrogen (secondary N) is 1. The molecule has 1 aliphatic heterocycles. The van der Waals surface area contributed by atoms with E-state index in [2.05, 4.69) is 23.2 Å². The van der Waals surface area contributed by atoms with Crippen molar-refractivity contribution in [1.82, 2.24) is 10.2 Å². The molecule has 0 spiro atoms. The van der Waals surface area contributed by atoms with Crippen LogP contribution in [0.2, 0.25) is 10.0 Å². The summed E-state index contributed by atoms with van der Waals surface area (Å²) in [6, 6.07) is 6.23. The summed E-state index contributed by atoms with van der Waals surface area (Å²) in [7, 11) is 0. The summed E-state index contributed by atoms with van der Waals surface area (Å²) in [6.07, 6.45) is 2.19. The standard InChI is InChI=1S/C16H24Cl2N2O/c1-2-16(13-4-5-14(17)15(18)12-13)19-6-3-7-20-8-10-21-11-9-20/h4-5,12,16,19H,2-3,6-11H2,1H3. The Morgan fingerprint density at radius 3 is 2.67 bits per heavy atom. The number of halogens is 2. The molecule has 3 nitrogen and oxygen atoms in total. The van der Waals surface area contributed by atoms with E-state index in [4.69, 9.17) is 27.9 Å². The second-order valence-corrected chi connectivity index (χ2v) is 6.21. The van der Waals surface area contributed by atoms with E-state index in [9.17, 15) is 0 Å². The van der Waals surface area contributed by atoms with Crippen LogP contribution < -0.4 is 5.32 Å². The van der Waals surface area contributed by atoms with Crippen LogP contribution in [0.3, 0.4) is 0 Å². The zero-order valence-electron chi connectivity index (χ0n) is 12.6.